The third-order valence-corrected chi connectivity index (χ3v) is 2.41. The molecule has 1 heterocycles. The molecular formula is C12H21NO2. The molecule has 0 saturated carbocycles. The molecule has 0 saturated heterocycles. The molecule has 2 atom stereocenters. The molecule has 0 aliphatic carbocycles. The van der Waals surface area contributed by atoms with Crippen LogP contribution in [0.4, 0.5) is 4.79 Å². The normalized spacial score (nSPS) is 26.6. The van der Waals surface area contributed by atoms with E-state index in [1.807, 2.05) is 40.7 Å². The summed E-state index contributed by atoms with van der Waals surface area (Å²) in [7, 11) is 0. The predicted molar refractivity (Wildman–Crippen MR) is 60.8 cm³/mol. The fourth-order valence-electron chi connectivity index (χ4n) is 1.74. The molecule has 15 heavy (non-hydrogen) atoms. The van der Waals surface area contributed by atoms with E-state index < -0.39 is 5.60 Å². The zero-order valence-corrected chi connectivity index (χ0v) is 10.3. The second-order valence-corrected chi connectivity index (χ2v) is 5.14. The number of hydrogen-bond acceptors (Lipinski definition) is 2. The van der Waals surface area contributed by atoms with Crippen LogP contribution >= 0.6 is 0 Å². The second-order valence-electron chi connectivity index (χ2n) is 5.14. The van der Waals surface area contributed by atoms with Crippen molar-refractivity contribution in [3.05, 3.63) is 12.2 Å². The molecule has 1 amide bonds. The van der Waals surface area contributed by atoms with E-state index in [2.05, 4.69) is 6.08 Å². The summed E-state index contributed by atoms with van der Waals surface area (Å²) >= 11 is 0. The van der Waals surface area contributed by atoms with Crippen molar-refractivity contribution >= 4 is 6.09 Å². The van der Waals surface area contributed by atoms with Gasteiger partial charge in [0.15, 0.2) is 0 Å². The summed E-state index contributed by atoms with van der Waals surface area (Å²) in [6.45, 7) is 9.72. The van der Waals surface area contributed by atoms with Gasteiger partial charge in [-0.3, -0.25) is 4.90 Å². The molecule has 3 heteroatoms. The summed E-state index contributed by atoms with van der Waals surface area (Å²) in [5.74, 6) is 0. The summed E-state index contributed by atoms with van der Waals surface area (Å²) in [4.78, 5) is 13.7. The number of amides is 1. The summed E-state index contributed by atoms with van der Waals surface area (Å²) in [5.41, 5.74) is -0.419. The van der Waals surface area contributed by atoms with E-state index in [0.717, 1.165) is 6.42 Å². The molecule has 0 N–H and O–H groups in total. The maximum atomic E-state index is 11.9. The highest BCUT2D eigenvalue weighted by atomic mass is 16.6. The Morgan fingerprint density at radius 3 is 2.47 bits per heavy atom. The minimum atomic E-state index is -0.419. The van der Waals surface area contributed by atoms with Gasteiger partial charge in [-0.25, -0.2) is 4.79 Å². The van der Waals surface area contributed by atoms with E-state index in [1.54, 1.807) is 4.90 Å². The molecule has 0 bridgehead atoms. The van der Waals surface area contributed by atoms with Crippen LogP contribution < -0.4 is 0 Å². The van der Waals surface area contributed by atoms with Crippen LogP contribution in [0, 0.1) is 0 Å². The van der Waals surface area contributed by atoms with Gasteiger partial charge in [-0.15, -0.1) is 0 Å². The van der Waals surface area contributed by atoms with E-state index in [0.29, 0.717) is 0 Å². The highest BCUT2D eigenvalue weighted by Crippen LogP contribution is 2.20. The molecule has 0 radical (unpaired) electrons. The molecule has 86 valence electrons. The van der Waals surface area contributed by atoms with Gasteiger partial charge in [0.25, 0.3) is 0 Å². The van der Waals surface area contributed by atoms with Crippen LogP contribution in [0.3, 0.4) is 0 Å². The first-order valence-electron chi connectivity index (χ1n) is 5.49. The molecule has 0 aromatic heterocycles. The summed E-state index contributed by atoms with van der Waals surface area (Å²) in [6, 6.07) is 0.350. The lowest BCUT2D eigenvalue weighted by Crippen LogP contribution is -2.47. The van der Waals surface area contributed by atoms with E-state index >= 15 is 0 Å². The Hall–Kier alpha value is -0.990. The SMILES string of the molecule is CC1C=CCC(C)N1C(=O)OC(C)(C)C. The third-order valence-electron chi connectivity index (χ3n) is 2.41. The predicted octanol–water partition coefficient (Wildman–Crippen LogP) is 2.96. The highest BCUT2D eigenvalue weighted by molar-refractivity contribution is 5.69. The molecule has 0 aromatic carbocycles. The lowest BCUT2D eigenvalue weighted by atomic mass is 10.1. The molecular weight excluding hydrogens is 190 g/mol. The quantitative estimate of drug-likeness (QED) is 0.576. The second kappa shape index (κ2) is 4.25. The van der Waals surface area contributed by atoms with Gasteiger partial charge < -0.3 is 4.74 Å². The van der Waals surface area contributed by atoms with Crippen molar-refractivity contribution in [2.75, 3.05) is 0 Å². The van der Waals surface area contributed by atoms with Gasteiger partial charge in [0.05, 0.1) is 6.04 Å². The molecule has 2 unspecified atom stereocenters. The van der Waals surface area contributed by atoms with Crippen LogP contribution in [0.25, 0.3) is 0 Å². The standard InChI is InChI=1S/C12H21NO2/c1-9-7-6-8-10(2)13(9)11(14)15-12(3,4)5/h6-7,9-10H,8H2,1-5H3. The number of carbonyl (C=O) groups is 1. The first-order chi connectivity index (χ1) is 6.81. The fraction of sp³-hybridized carbons (Fsp3) is 0.750. The number of hydrogen-bond donors (Lipinski definition) is 0. The van der Waals surface area contributed by atoms with Crippen LogP contribution in [-0.2, 0) is 4.74 Å². The van der Waals surface area contributed by atoms with Crippen molar-refractivity contribution in [3.8, 4) is 0 Å². The van der Waals surface area contributed by atoms with Gasteiger partial charge in [-0.05, 0) is 41.0 Å². The van der Waals surface area contributed by atoms with Crippen molar-refractivity contribution in [1.29, 1.82) is 0 Å². The van der Waals surface area contributed by atoms with E-state index in [4.69, 9.17) is 4.74 Å². The molecule has 0 spiro atoms. The van der Waals surface area contributed by atoms with Crippen LogP contribution in [0.1, 0.15) is 41.0 Å². The molecule has 0 aromatic rings. The maximum Gasteiger partial charge on any atom is 0.411 e. The average molecular weight is 211 g/mol. The van der Waals surface area contributed by atoms with Crippen LogP contribution in [0.2, 0.25) is 0 Å². The third kappa shape index (κ3) is 3.26. The minimum Gasteiger partial charge on any atom is -0.444 e. The lowest BCUT2D eigenvalue weighted by Gasteiger charge is -2.36. The van der Waals surface area contributed by atoms with E-state index in [1.165, 1.54) is 0 Å². The number of ether oxygens (including phenoxy) is 1. The Morgan fingerprint density at radius 1 is 1.40 bits per heavy atom. The minimum absolute atomic E-state index is 0.128. The van der Waals surface area contributed by atoms with Gasteiger partial charge in [-0.2, -0.15) is 0 Å². The Balaban J connectivity index is 2.70. The van der Waals surface area contributed by atoms with Crippen molar-refractivity contribution < 1.29 is 9.53 Å². The first kappa shape index (κ1) is 12.1. The van der Waals surface area contributed by atoms with E-state index in [-0.39, 0.29) is 18.2 Å². The van der Waals surface area contributed by atoms with E-state index in [9.17, 15) is 4.79 Å². The first-order valence-corrected chi connectivity index (χ1v) is 5.49. The van der Waals surface area contributed by atoms with Gasteiger partial charge in [0.1, 0.15) is 5.60 Å². The molecule has 1 rings (SSSR count). The van der Waals surface area contributed by atoms with Crippen LogP contribution in [0.15, 0.2) is 12.2 Å². The summed E-state index contributed by atoms with van der Waals surface area (Å²) in [6.07, 6.45) is 4.86. The molecule has 3 nitrogen and oxygen atoms in total. The maximum absolute atomic E-state index is 11.9. The van der Waals surface area contributed by atoms with Gasteiger partial charge >= 0.3 is 6.09 Å². The zero-order chi connectivity index (χ0) is 11.6. The van der Waals surface area contributed by atoms with Crippen molar-refractivity contribution in [2.24, 2.45) is 0 Å². The summed E-state index contributed by atoms with van der Waals surface area (Å²) in [5, 5.41) is 0. The summed E-state index contributed by atoms with van der Waals surface area (Å²) < 4.78 is 5.37. The average Bonchev–Trinajstić information content (AvgIpc) is 1.99. The smallest absolute Gasteiger partial charge is 0.411 e. The topological polar surface area (TPSA) is 29.5 Å². The lowest BCUT2D eigenvalue weighted by molar-refractivity contribution is 0.0118. The van der Waals surface area contributed by atoms with Crippen molar-refractivity contribution in [1.82, 2.24) is 4.90 Å². The fourth-order valence-corrected chi connectivity index (χ4v) is 1.74. The number of carbonyl (C=O) groups excluding carboxylic acids is 1. The molecule has 1 aliphatic heterocycles. The molecule has 1 aliphatic rings. The van der Waals surface area contributed by atoms with Gasteiger partial charge in [0.2, 0.25) is 0 Å². The zero-order valence-electron chi connectivity index (χ0n) is 10.3. The number of rotatable bonds is 0. The van der Waals surface area contributed by atoms with Gasteiger partial charge in [-0.1, -0.05) is 12.2 Å². The Kier molecular flexibility index (Phi) is 3.42. The Labute approximate surface area is 92.1 Å². The van der Waals surface area contributed by atoms with Crippen LogP contribution in [-0.4, -0.2) is 28.7 Å². The number of nitrogens with zero attached hydrogens (tertiary/aromatic N) is 1. The van der Waals surface area contributed by atoms with Gasteiger partial charge in [0, 0.05) is 6.04 Å². The molecule has 0 fully saturated rings. The largest absolute Gasteiger partial charge is 0.444 e. The van der Waals surface area contributed by atoms with Crippen LogP contribution in [0.5, 0.6) is 0 Å². The highest BCUT2D eigenvalue weighted by Gasteiger charge is 2.29. The Bertz CT molecular complexity index is 265. The van der Waals surface area contributed by atoms with Crippen molar-refractivity contribution in [3.63, 3.8) is 0 Å². The monoisotopic (exact) mass is 211 g/mol. The van der Waals surface area contributed by atoms with Crippen molar-refractivity contribution in [2.45, 2.75) is 58.7 Å². The Morgan fingerprint density at radius 2 is 2.00 bits per heavy atom.